The van der Waals surface area contributed by atoms with E-state index in [1.807, 2.05) is 0 Å². The second kappa shape index (κ2) is 7.57. The molecule has 3 aromatic rings. The van der Waals surface area contributed by atoms with Crippen molar-refractivity contribution in [3.8, 4) is 0 Å². The van der Waals surface area contributed by atoms with Gasteiger partial charge in [-0.1, -0.05) is 24.3 Å². The number of rotatable bonds is 4. The number of hydrogen-bond donors (Lipinski definition) is 2. The highest BCUT2D eigenvalue weighted by atomic mass is 19.1. The first-order valence-corrected chi connectivity index (χ1v) is 7.76. The lowest BCUT2D eigenvalue weighted by molar-refractivity contribution is 0.102. The normalized spacial score (nSPS) is 10.2. The summed E-state index contributed by atoms with van der Waals surface area (Å²) in [5.74, 6) is -2.06. The first kappa shape index (κ1) is 17.3. The molecule has 2 amide bonds. The van der Waals surface area contributed by atoms with E-state index >= 15 is 0 Å². The maximum Gasteiger partial charge on any atom is 0.255 e. The number of carbonyl (C=O) groups is 2. The van der Waals surface area contributed by atoms with Gasteiger partial charge in [0.2, 0.25) is 0 Å². The number of anilines is 2. The van der Waals surface area contributed by atoms with Crippen molar-refractivity contribution in [2.45, 2.75) is 0 Å². The van der Waals surface area contributed by atoms with E-state index in [0.29, 0.717) is 5.69 Å². The number of para-hydroxylation sites is 1. The number of hydrogen-bond acceptors (Lipinski definition) is 2. The highest BCUT2D eigenvalue weighted by Crippen LogP contribution is 2.16. The van der Waals surface area contributed by atoms with Gasteiger partial charge in [0.25, 0.3) is 11.8 Å². The molecule has 0 atom stereocenters. The minimum Gasteiger partial charge on any atom is -0.322 e. The predicted molar refractivity (Wildman–Crippen MR) is 95.1 cm³/mol. The van der Waals surface area contributed by atoms with Crippen LogP contribution < -0.4 is 10.6 Å². The third kappa shape index (κ3) is 4.10. The molecule has 6 heteroatoms. The Morgan fingerprint density at radius 3 is 2.04 bits per heavy atom. The zero-order chi connectivity index (χ0) is 18.5. The van der Waals surface area contributed by atoms with Gasteiger partial charge in [0.15, 0.2) is 0 Å². The van der Waals surface area contributed by atoms with Gasteiger partial charge in [0, 0.05) is 16.8 Å². The van der Waals surface area contributed by atoms with Crippen LogP contribution in [0.5, 0.6) is 0 Å². The van der Waals surface area contributed by atoms with Crippen molar-refractivity contribution in [1.82, 2.24) is 0 Å². The Labute approximate surface area is 148 Å². The Morgan fingerprint density at radius 1 is 0.692 bits per heavy atom. The van der Waals surface area contributed by atoms with Crippen LogP contribution in [-0.4, -0.2) is 11.8 Å². The van der Waals surface area contributed by atoms with Gasteiger partial charge >= 0.3 is 0 Å². The topological polar surface area (TPSA) is 58.2 Å². The molecule has 130 valence electrons. The molecule has 3 rings (SSSR count). The molecule has 26 heavy (non-hydrogen) atoms. The summed E-state index contributed by atoms with van der Waals surface area (Å²) in [6, 6.07) is 17.2. The summed E-state index contributed by atoms with van der Waals surface area (Å²) < 4.78 is 26.8. The predicted octanol–water partition coefficient (Wildman–Crippen LogP) is 4.47. The minimum absolute atomic E-state index is 0.0483. The maximum atomic E-state index is 13.6. The van der Waals surface area contributed by atoms with Crippen LogP contribution in [0.1, 0.15) is 20.7 Å². The summed E-state index contributed by atoms with van der Waals surface area (Å²) in [7, 11) is 0. The molecule has 3 aromatic carbocycles. The Hall–Kier alpha value is -3.54. The highest BCUT2D eigenvalue weighted by molar-refractivity contribution is 6.08. The van der Waals surface area contributed by atoms with Gasteiger partial charge in [-0.15, -0.1) is 0 Å². The second-order valence-corrected chi connectivity index (χ2v) is 5.48. The Morgan fingerprint density at radius 2 is 1.35 bits per heavy atom. The molecule has 0 fully saturated rings. The third-order valence-corrected chi connectivity index (χ3v) is 3.59. The molecule has 0 radical (unpaired) electrons. The van der Waals surface area contributed by atoms with E-state index in [1.165, 1.54) is 60.7 Å². The van der Waals surface area contributed by atoms with Crippen molar-refractivity contribution in [2.75, 3.05) is 10.6 Å². The van der Waals surface area contributed by atoms with Gasteiger partial charge < -0.3 is 10.6 Å². The number of carbonyl (C=O) groups excluding carboxylic acids is 2. The van der Waals surface area contributed by atoms with E-state index in [-0.39, 0.29) is 16.8 Å². The third-order valence-electron chi connectivity index (χ3n) is 3.59. The van der Waals surface area contributed by atoms with Gasteiger partial charge in [-0.25, -0.2) is 8.78 Å². The average molecular weight is 352 g/mol. The van der Waals surface area contributed by atoms with Crippen LogP contribution in [0, 0.1) is 11.6 Å². The fourth-order valence-corrected chi connectivity index (χ4v) is 2.33. The number of benzene rings is 3. The molecule has 4 nitrogen and oxygen atoms in total. The van der Waals surface area contributed by atoms with Gasteiger partial charge in [0.1, 0.15) is 11.6 Å². The summed E-state index contributed by atoms with van der Waals surface area (Å²) in [5.41, 5.74) is 0.763. The zero-order valence-corrected chi connectivity index (χ0v) is 13.5. The van der Waals surface area contributed by atoms with Crippen molar-refractivity contribution in [3.63, 3.8) is 0 Å². The van der Waals surface area contributed by atoms with Gasteiger partial charge in [0.05, 0.1) is 5.69 Å². The monoisotopic (exact) mass is 352 g/mol. The van der Waals surface area contributed by atoms with Crippen LogP contribution in [0.25, 0.3) is 0 Å². The van der Waals surface area contributed by atoms with Crippen molar-refractivity contribution in [3.05, 3.63) is 95.6 Å². The summed E-state index contributed by atoms with van der Waals surface area (Å²) >= 11 is 0. The first-order valence-electron chi connectivity index (χ1n) is 7.76. The quantitative estimate of drug-likeness (QED) is 0.728. The Balaban J connectivity index is 1.76. The fraction of sp³-hybridized carbons (Fsp3) is 0. The molecular formula is C20H14F2N2O2. The standard InChI is InChI=1S/C20H14F2N2O2/c21-15-7-4-8-16(12-15)23-19(25)13-5-3-6-14(11-13)20(26)24-18-10-2-1-9-17(18)22/h1-12H,(H,23,25)(H,24,26). The number of amides is 2. The fourth-order valence-electron chi connectivity index (χ4n) is 2.33. The minimum atomic E-state index is -0.555. The lowest BCUT2D eigenvalue weighted by atomic mass is 10.1. The highest BCUT2D eigenvalue weighted by Gasteiger charge is 2.12. The lowest BCUT2D eigenvalue weighted by Gasteiger charge is -2.08. The number of halogens is 2. The van der Waals surface area contributed by atoms with E-state index in [4.69, 9.17) is 0 Å². The van der Waals surface area contributed by atoms with Crippen LogP contribution in [0.4, 0.5) is 20.2 Å². The molecule has 2 N–H and O–H groups in total. The van der Waals surface area contributed by atoms with Gasteiger partial charge in [-0.05, 0) is 48.5 Å². The summed E-state index contributed by atoms with van der Waals surface area (Å²) in [4.78, 5) is 24.6. The smallest absolute Gasteiger partial charge is 0.255 e. The van der Waals surface area contributed by atoms with Crippen molar-refractivity contribution < 1.29 is 18.4 Å². The molecule has 0 bridgehead atoms. The molecule has 0 spiro atoms. The summed E-state index contributed by atoms with van der Waals surface area (Å²) in [6.45, 7) is 0. The SMILES string of the molecule is O=C(Nc1cccc(F)c1)c1cccc(C(=O)Nc2ccccc2F)c1. The second-order valence-electron chi connectivity index (χ2n) is 5.48. The van der Waals surface area contributed by atoms with Crippen molar-refractivity contribution in [1.29, 1.82) is 0 Å². The first-order chi connectivity index (χ1) is 12.5. The molecule has 0 unspecified atom stereocenters. The van der Waals surface area contributed by atoms with Crippen LogP contribution >= 0.6 is 0 Å². The molecule has 0 aliphatic carbocycles. The molecule has 0 saturated heterocycles. The van der Waals surface area contributed by atoms with Crippen molar-refractivity contribution in [2.24, 2.45) is 0 Å². The average Bonchev–Trinajstić information content (AvgIpc) is 2.63. The lowest BCUT2D eigenvalue weighted by Crippen LogP contribution is -2.16. The van der Waals surface area contributed by atoms with Crippen LogP contribution in [0.3, 0.4) is 0 Å². The Bertz CT molecular complexity index is 973. The van der Waals surface area contributed by atoms with Crippen LogP contribution in [0.2, 0.25) is 0 Å². The zero-order valence-electron chi connectivity index (χ0n) is 13.5. The molecule has 0 aliphatic heterocycles. The van der Waals surface area contributed by atoms with E-state index in [2.05, 4.69) is 10.6 Å². The molecule has 0 aromatic heterocycles. The molecule has 0 heterocycles. The van der Waals surface area contributed by atoms with E-state index in [9.17, 15) is 18.4 Å². The van der Waals surface area contributed by atoms with Crippen LogP contribution in [-0.2, 0) is 0 Å². The van der Waals surface area contributed by atoms with E-state index in [0.717, 1.165) is 0 Å². The summed E-state index contributed by atoms with van der Waals surface area (Å²) in [5, 5.41) is 5.01. The van der Waals surface area contributed by atoms with Gasteiger partial charge in [-0.3, -0.25) is 9.59 Å². The van der Waals surface area contributed by atoms with E-state index < -0.39 is 23.4 Å². The van der Waals surface area contributed by atoms with E-state index in [1.54, 1.807) is 12.1 Å². The Kier molecular flexibility index (Phi) is 5.03. The van der Waals surface area contributed by atoms with Gasteiger partial charge in [-0.2, -0.15) is 0 Å². The largest absolute Gasteiger partial charge is 0.322 e. The molecular weight excluding hydrogens is 338 g/mol. The molecule has 0 saturated carbocycles. The maximum absolute atomic E-state index is 13.6. The summed E-state index contributed by atoms with van der Waals surface area (Å²) in [6.07, 6.45) is 0. The van der Waals surface area contributed by atoms with Crippen molar-refractivity contribution >= 4 is 23.2 Å². The molecule has 0 aliphatic rings. The number of nitrogens with one attached hydrogen (secondary N) is 2. The van der Waals surface area contributed by atoms with Crippen LogP contribution in [0.15, 0.2) is 72.8 Å².